The monoisotopic (exact) mass is 557 g/mol. The molecule has 0 aliphatic carbocycles. The summed E-state index contributed by atoms with van der Waals surface area (Å²) in [4.78, 5) is 28.5. The Kier molecular flexibility index (Phi) is 9.77. The van der Waals surface area contributed by atoms with Crippen LogP contribution in [0.4, 0.5) is 5.69 Å². The van der Waals surface area contributed by atoms with Gasteiger partial charge in [-0.25, -0.2) is 8.42 Å². The predicted octanol–water partition coefficient (Wildman–Crippen LogP) is 3.81. The molecule has 10 heteroatoms. The minimum atomic E-state index is -3.94. The van der Waals surface area contributed by atoms with Crippen molar-refractivity contribution in [2.75, 3.05) is 31.3 Å². The van der Waals surface area contributed by atoms with Gasteiger partial charge in [0.05, 0.1) is 19.1 Å². The van der Waals surface area contributed by atoms with Gasteiger partial charge in [0.25, 0.3) is 0 Å². The van der Waals surface area contributed by atoms with Crippen molar-refractivity contribution in [1.29, 1.82) is 0 Å². The van der Waals surface area contributed by atoms with Crippen LogP contribution in [0, 0.1) is 6.92 Å². The summed E-state index contributed by atoms with van der Waals surface area (Å²) >= 11 is 6.16. The molecule has 0 radical (unpaired) electrons. The highest BCUT2D eigenvalue weighted by molar-refractivity contribution is 7.92. The van der Waals surface area contributed by atoms with Crippen LogP contribution in [0.1, 0.15) is 16.7 Å². The molecule has 1 N–H and O–H groups in total. The number of halogens is 1. The van der Waals surface area contributed by atoms with Gasteiger partial charge in [-0.1, -0.05) is 71.8 Å². The van der Waals surface area contributed by atoms with E-state index in [-0.39, 0.29) is 35.3 Å². The van der Waals surface area contributed by atoms with Crippen molar-refractivity contribution in [1.82, 2.24) is 10.2 Å². The lowest BCUT2D eigenvalue weighted by Gasteiger charge is -2.33. The minimum absolute atomic E-state index is 0.107. The number of sulfonamides is 1. The van der Waals surface area contributed by atoms with Crippen LogP contribution in [-0.2, 0) is 32.6 Å². The number of amides is 2. The fraction of sp³-hybridized carbons (Fsp3) is 0.286. The van der Waals surface area contributed by atoms with E-state index in [1.807, 2.05) is 61.5 Å². The van der Waals surface area contributed by atoms with Crippen molar-refractivity contribution in [3.8, 4) is 5.75 Å². The summed E-state index contributed by atoms with van der Waals surface area (Å²) in [7, 11) is -1.03. The zero-order chi connectivity index (χ0) is 27.9. The highest BCUT2D eigenvalue weighted by atomic mass is 35.5. The molecular weight excluding hydrogens is 526 g/mol. The van der Waals surface area contributed by atoms with Gasteiger partial charge in [-0.15, -0.1) is 0 Å². The van der Waals surface area contributed by atoms with Gasteiger partial charge in [0, 0.05) is 25.0 Å². The number of nitrogens with one attached hydrogen (secondary N) is 1. The van der Waals surface area contributed by atoms with Gasteiger partial charge in [-0.3, -0.25) is 13.9 Å². The largest absolute Gasteiger partial charge is 0.495 e. The molecule has 3 aromatic carbocycles. The number of likely N-dealkylation sites (N-methyl/N-ethyl adjacent to an activating group) is 1. The Morgan fingerprint density at radius 2 is 1.68 bits per heavy atom. The molecule has 0 spiro atoms. The molecule has 0 aliphatic heterocycles. The predicted molar refractivity (Wildman–Crippen MR) is 150 cm³/mol. The van der Waals surface area contributed by atoms with Crippen molar-refractivity contribution in [3.63, 3.8) is 0 Å². The van der Waals surface area contributed by atoms with Gasteiger partial charge in [0.15, 0.2) is 0 Å². The van der Waals surface area contributed by atoms with Crippen LogP contribution < -0.4 is 14.4 Å². The van der Waals surface area contributed by atoms with Gasteiger partial charge in [0.2, 0.25) is 21.8 Å². The van der Waals surface area contributed by atoms with Gasteiger partial charge < -0.3 is 15.0 Å². The van der Waals surface area contributed by atoms with Crippen LogP contribution >= 0.6 is 11.6 Å². The van der Waals surface area contributed by atoms with Crippen molar-refractivity contribution in [3.05, 3.63) is 94.5 Å². The molecule has 3 aromatic rings. The average molecular weight is 558 g/mol. The SMILES string of the molecule is CNC(=O)C(Cc1ccccc1)N(Cc1cccc(C)c1)C(=O)CN(c1cc(Cl)ccc1OC)S(C)(=O)=O. The molecule has 202 valence electrons. The maximum Gasteiger partial charge on any atom is 0.244 e. The third-order valence-electron chi connectivity index (χ3n) is 6.04. The van der Waals surface area contributed by atoms with Crippen molar-refractivity contribution < 1.29 is 22.7 Å². The molecule has 8 nitrogen and oxygen atoms in total. The first-order valence-electron chi connectivity index (χ1n) is 11.9. The van der Waals surface area contributed by atoms with E-state index in [4.69, 9.17) is 16.3 Å². The first kappa shape index (κ1) is 29.0. The molecular formula is C28H32ClN3O5S. The number of aryl methyl sites for hydroxylation is 1. The second kappa shape index (κ2) is 12.8. The molecule has 0 saturated carbocycles. The summed E-state index contributed by atoms with van der Waals surface area (Å²) in [6.07, 6.45) is 1.25. The lowest BCUT2D eigenvalue weighted by Crippen LogP contribution is -2.52. The van der Waals surface area contributed by atoms with Crippen LogP contribution in [0.25, 0.3) is 0 Å². The molecule has 0 aliphatic rings. The number of nitrogens with zero attached hydrogens (tertiary/aromatic N) is 2. The lowest BCUT2D eigenvalue weighted by atomic mass is 10.0. The molecule has 0 bridgehead atoms. The highest BCUT2D eigenvalue weighted by Crippen LogP contribution is 2.33. The van der Waals surface area contributed by atoms with Gasteiger partial charge in [-0.05, 0) is 36.2 Å². The Labute approximate surface area is 229 Å². The first-order valence-corrected chi connectivity index (χ1v) is 14.2. The van der Waals surface area contributed by atoms with Crippen molar-refractivity contribution in [2.24, 2.45) is 0 Å². The van der Waals surface area contributed by atoms with Gasteiger partial charge in [0.1, 0.15) is 18.3 Å². The molecule has 3 rings (SSSR count). The Hall–Kier alpha value is -3.56. The first-order chi connectivity index (χ1) is 18.0. The third-order valence-corrected chi connectivity index (χ3v) is 7.40. The highest BCUT2D eigenvalue weighted by Gasteiger charge is 2.33. The third kappa shape index (κ3) is 7.49. The maximum absolute atomic E-state index is 14.0. The number of carbonyl (C=O) groups is 2. The van der Waals surface area contributed by atoms with Crippen LogP contribution in [0.2, 0.25) is 5.02 Å². The Balaban J connectivity index is 2.07. The lowest BCUT2D eigenvalue weighted by molar-refractivity contribution is -0.139. The second-order valence-corrected chi connectivity index (χ2v) is 11.3. The summed E-state index contributed by atoms with van der Waals surface area (Å²) in [6.45, 7) is 1.49. The van der Waals surface area contributed by atoms with Crippen molar-refractivity contribution >= 4 is 39.1 Å². The van der Waals surface area contributed by atoms with E-state index in [2.05, 4.69) is 5.32 Å². The zero-order valence-corrected chi connectivity index (χ0v) is 23.4. The second-order valence-electron chi connectivity index (χ2n) is 8.92. The summed E-state index contributed by atoms with van der Waals surface area (Å²) in [5.74, 6) is -0.672. The number of ether oxygens (including phenoxy) is 1. The Morgan fingerprint density at radius 1 is 1.00 bits per heavy atom. The Morgan fingerprint density at radius 3 is 2.29 bits per heavy atom. The summed E-state index contributed by atoms with van der Waals surface area (Å²) in [5.41, 5.74) is 2.80. The standard InChI is InChI=1S/C28H32ClN3O5S/c1-20-9-8-12-22(15-20)18-31(25(28(34)30-2)16-21-10-6-5-7-11-21)27(33)19-32(38(4,35)36)24-17-23(29)13-14-26(24)37-3/h5-15,17,25H,16,18-19H2,1-4H3,(H,30,34). The van der Waals surface area contributed by atoms with E-state index in [9.17, 15) is 18.0 Å². The van der Waals surface area contributed by atoms with Gasteiger partial charge >= 0.3 is 0 Å². The number of anilines is 1. The normalized spacial score (nSPS) is 11.9. The number of rotatable bonds is 11. The van der Waals surface area contributed by atoms with E-state index in [1.54, 1.807) is 6.07 Å². The van der Waals surface area contributed by atoms with E-state index in [0.29, 0.717) is 0 Å². The fourth-order valence-corrected chi connectivity index (χ4v) is 5.19. The zero-order valence-electron chi connectivity index (χ0n) is 21.8. The number of hydrogen-bond acceptors (Lipinski definition) is 5. The summed E-state index contributed by atoms with van der Waals surface area (Å²) in [6, 6.07) is 20.6. The topological polar surface area (TPSA) is 96.0 Å². The van der Waals surface area contributed by atoms with E-state index >= 15 is 0 Å². The smallest absolute Gasteiger partial charge is 0.244 e. The molecule has 0 heterocycles. The summed E-state index contributed by atoms with van der Waals surface area (Å²) in [5, 5.41) is 2.94. The quantitative estimate of drug-likeness (QED) is 0.387. The Bertz CT molecular complexity index is 1380. The van der Waals surface area contributed by atoms with Crippen LogP contribution in [-0.4, -0.2) is 58.1 Å². The van der Waals surface area contributed by atoms with Crippen LogP contribution in [0.3, 0.4) is 0 Å². The molecule has 1 atom stereocenters. The molecule has 1 unspecified atom stereocenters. The minimum Gasteiger partial charge on any atom is -0.495 e. The van der Waals surface area contributed by atoms with Gasteiger partial charge in [-0.2, -0.15) is 0 Å². The molecule has 0 aromatic heterocycles. The van der Waals surface area contributed by atoms with Crippen molar-refractivity contribution in [2.45, 2.75) is 25.9 Å². The fourth-order valence-electron chi connectivity index (χ4n) is 4.18. The van der Waals surface area contributed by atoms with E-state index in [0.717, 1.165) is 27.3 Å². The number of hydrogen-bond donors (Lipinski definition) is 1. The molecule has 38 heavy (non-hydrogen) atoms. The van der Waals surface area contributed by atoms with E-state index in [1.165, 1.54) is 31.2 Å². The van der Waals surface area contributed by atoms with Crippen LogP contribution in [0.15, 0.2) is 72.8 Å². The molecule has 0 fully saturated rings. The number of benzene rings is 3. The average Bonchev–Trinajstić information content (AvgIpc) is 2.88. The summed E-state index contributed by atoms with van der Waals surface area (Å²) < 4.78 is 32.1. The number of methoxy groups -OCH3 is 1. The maximum atomic E-state index is 14.0. The van der Waals surface area contributed by atoms with Crippen LogP contribution in [0.5, 0.6) is 5.75 Å². The molecule has 2 amide bonds. The van der Waals surface area contributed by atoms with E-state index < -0.39 is 28.5 Å². The number of carbonyl (C=O) groups excluding carboxylic acids is 2. The molecule has 0 saturated heterocycles.